The lowest BCUT2D eigenvalue weighted by molar-refractivity contribution is -0.199. The average molecular weight is 487 g/mol. The van der Waals surface area contributed by atoms with Crippen LogP contribution in [0.1, 0.15) is 32.1 Å². The maximum Gasteiger partial charge on any atom is 0.201 e. The van der Waals surface area contributed by atoms with Crippen LogP contribution >= 0.6 is 0 Å². The molecule has 4 rings (SSSR count). The van der Waals surface area contributed by atoms with E-state index < -0.39 is 29.6 Å². The highest BCUT2D eigenvalue weighted by Gasteiger charge is 2.27. The third-order valence-corrected chi connectivity index (χ3v) is 5.77. The first kappa shape index (κ1) is 24.9. The second-order valence-electron chi connectivity index (χ2n) is 8.28. The Kier molecular flexibility index (Phi) is 7.88. The van der Waals surface area contributed by atoms with E-state index in [1.165, 1.54) is 48.5 Å². The van der Waals surface area contributed by atoms with Gasteiger partial charge in [0.25, 0.3) is 0 Å². The molecule has 0 bridgehead atoms. The van der Waals surface area contributed by atoms with Gasteiger partial charge in [-0.2, -0.15) is 4.39 Å². The van der Waals surface area contributed by atoms with Gasteiger partial charge in [-0.25, -0.2) is 13.2 Å². The summed E-state index contributed by atoms with van der Waals surface area (Å²) >= 11 is 0. The molecule has 0 unspecified atom stereocenters. The summed E-state index contributed by atoms with van der Waals surface area (Å²) in [6.07, 6.45) is 3.51. The van der Waals surface area contributed by atoms with Crippen molar-refractivity contribution in [3.05, 3.63) is 89.5 Å². The molecular weight excluding hydrogens is 460 g/mol. The molecule has 1 heterocycles. The number of rotatable bonds is 7. The fourth-order valence-electron chi connectivity index (χ4n) is 3.96. The minimum atomic E-state index is -1.06. The van der Waals surface area contributed by atoms with Gasteiger partial charge in [0.2, 0.25) is 5.82 Å². The lowest BCUT2D eigenvalue weighted by Gasteiger charge is -2.28. The molecule has 3 aromatic carbocycles. The standard InChI is InChI=1S/C28H26F4O3/c1-3-5-17-15-34-28(35-16-17)22-11-10-20(24(29)26(22)31)18-6-8-19(9-7-18)21-12-13-23(33-14-4-2)27(32)25(21)30/h3,5-13,17,28H,4,14-16H2,1-2H3. The van der Waals surface area contributed by atoms with Gasteiger partial charge in [-0.15, -0.1) is 0 Å². The average Bonchev–Trinajstić information content (AvgIpc) is 2.88. The summed E-state index contributed by atoms with van der Waals surface area (Å²) in [7, 11) is 0. The monoisotopic (exact) mass is 486 g/mol. The van der Waals surface area contributed by atoms with Crippen LogP contribution in [0.4, 0.5) is 17.6 Å². The predicted octanol–water partition coefficient (Wildman–Crippen LogP) is 7.60. The van der Waals surface area contributed by atoms with Gasteiger partial charge < -0.3 is 14.2 Å². The molecule has 1 aliphatic heterocycles. The first-order valence-corrected chi connectivity index (χ1v) is 11.5. The molecule has 0 atom stereocenters. The van der Waals surface area contributed by atoms with Gasteiger partial charge in [-0.1, -0.05) is 55.5 Å². The van der Waals surface area contributed by atoms with Gasteiger partial charge in [-0.3, -0.25) is 0 Å². The molecule has 0 aromatic heterocycles. The quantitative estimate of drug-likeness (QED) is 0.254. The zero-order valence-corrected chi connectivity index (χ0v) is 19.5. The summed E-state index contributed by atoms with van der Waals surface area (Å²) in [4.78, 5) is 0. The first-order valence-electron chi connectivity index (χ1n) is 11.5. The molecule has 1 fully saturated rings. The molecule has 0 N–H and O–H groups in total. The van der Waals surface area contributed by atoms with Crippen molar-refractivity contribution in [3.8, 4) is 28.0 Å². The van der Waals surface area contributed by atoms with Gasteiger partial charge in [0, 0.05) is 22.6 Å². The number of ether oxygens (including phenoxy) is 3. The number of hydrogen-bond donors (Lipinski definition) is 0. The molecule has 1 aliphatic rings. The Hall–Kier alpha value is -3.16. The third kappa shape index (κ3) is 5.26. The molecule has 0 radical (unpaired) electrons. The van der Waals surface area contributed by atoms with Crippen LogP contribution < -0.4 is 4.74 Å². The summed E-state index contributed by atoms with van der Waals surface area (Å²) in [6, 6.07) is 11.8. The Labute approximate surface area is 202 Å². The van der Waals surface area contributed by atoms with Gasteiger partial charge in [0.15, 0.2) is 29.5 Å². The van der Waals surface area contributed by atoms with E-state index >= 15 is 0 Å². The first-order chi connectivity index (χ1) is 16.9. The Morgan fingerprint density at radius 2 is 1.37 bits per heavy atom. The van der Waals surface area contributed by atoms with Gasteiger partial charge in [0.1, 0.15) is 0 Å². The molecule has 184 valence electrons. The fourth-order valence-corrected chi connectivity index (χ4v) is 3.96. The number of hydrogen-bond acceptors (Lipinski definition) is 3. The van der Waals surface area contributed by atoms with Crippen molar-refractivity contribution < 1.29 is 31.8 Å². The van der Waals surface area contributed by atoms with Crippen LogP contribution in [0.5, 0.6) is 5.75 Å². The zero-order valence-electron chi connectivity index (χ0n) is 19.5. The Morgan fingerprint density at radius 1 is 0.800 bits per heavy atom. The molecule has 0 amide bonds. The molecule has 0 aliphatic carbocycles. The normalized spacial score (nSPS) is 18.2. The van der Waals surface area contributed by atoms with Crippen LogP contribution in [-0.2, 0) is 9.47 Å². The second kappa shape index (κ2) is 11.1. The third-order valence-electron chi connectivity index (χ3n) is 5.77. The SMILES string of the molecule is CC=CC1COC(c2ccc(-c3ccc(-c4ccc(OCCC)c(F)c4F)cc3)c(F)c2F)OC1. The fraction of sp³-hybridized carbons (Fsp3) is 0.286. The van der Waals surface area contributed by atoms with E-state index in [9.17, 15) is 17.6 Å². The van der Waals surface area contributed by atoms with E-state index in [4.69, 9.17) is 14.2 Å². The van der Waals surface area contributed by atoms with E-state index in [-0.39, 0.29) is 35.0 Å². The predicted molar refractivity (Wildman–Crippen MR) is 126 cm³/mol. The number of halogens is 4. The van der Waals surface area contributed by atoms with Crippen molar-refractivity contribution in [2.24, 2.45) is 5.92 Å². The lowest BCUT2D eigenvalue weighted by Crippen LogP contribution is -2.26. The second-order valence-corrected chi connectivity index (χ2v) is 8.28. The van der Waals surface area contributed by atoms with Crippen molar-refractivity contribution >= 4 is 0 Å². The topological polar surface area (TPSA) is 27.7 Å². The van der Waals surface area contributed by atoms with Crippen LogP contribution in [0.15, 0.2) is 60.7 Å². The highest BCUT2D eigenvalue weighted by molar-refractivity contribution is 5.71. The largest absolute Gasteiger partial charge is 0.490 e. The summed E-state index contributed by atoms with van der Waals surface area (Å²) in [5.41, 5.74) is 0.853. The van der Waals surface area contributed by atoms with Crippen molar-refractivity contribution in [2.45, 2.75) is 26.6 Å². The van der Waals surface area contributed by atoms with Gasteiger partial charge >= 0.3 is 0 Å². The molecule has 35 heavy (non-hydrogen) atoms. The summed E-state index contributed by atoms with van der Waals surface area (Å²) in [6.45, 7) is 4.73. The highest BCUT2D eigenvalue weighted by Crippen LogP contribution is 2.35. The molecule has 0 spiro atoms. The number of allylic oxidation sites excluding steroid dienone is 1. The summed E-state index contributed by atoms with van der Waals surface area (Å²) in [5.74, 6) is -4.25. The maximum atomic E-state index is 15.0. The van der Waals surface area contributed by atoms with Crippen LogP contribution in [0, 0.1) is 29.2 Å². The summed E-state index contributed by atoms with van der Waals surface area (Å²) in [5, 5.41) is 0. The van der Waals surface area contributed by atoms with Crippen LogP contribution in [0.2, 0.25) is 0 Å². The Balaban J connectivity index is 1.55. The molecule has 3 aromatic rings. The van der Waals surface area contributed by atoms with E-state index in [0.717, 1.165) is 0 Å². The maximum absolute atomic E-state index is 15.0. The molecule has 7 heteroatoms. The van der Waals surface area contributed by atoms with Crippen molar-refractivity contribution in [1.82, 2.24) is 0 Å². The van der Waals surface area contributed by atoms with E-state index in [1.54, 1.807) is 0 Å². The molecule has 0 saturated carbocycles. The van der Waals surface area contributed by atoms with E-state index in [0.29, 0.717) is 30.8 Å². The minimum Gasteiger partial charge on any atom is -0.490 e. The highest BCUT2D eigenvalue weighted by atomic mass is 19.2. The van der Waals surface area contributed by atoms with Crippen LogP contribution in [0.3, 0.4) is 0 Å². The number of benzene rings is 3. The smallest absolute Gasteiger partial charge is 0.201 e. The van der Waals surface area contributed by atoms with Crippen LogP contribution in [-0.4, -0.2) is 19.8 Å². The van der Waals surface area contributed by atoms with Crippen molar-refractivity contribution in [3.63, 3.8) is 0 Å². The van der Waals surface area contributed by atoms with Crippen molar-refractivity contribution in [2.75, 3.05) is 19.8 Å². The Morgan fingerprint density at radius 3 is 1.94 bits per heavy atom. The summed E-state index contributed by atoms with van der Waals surface area (Å²) < 4.78 is 75.2. The van der Waals surface area contributed by atoms with Gasteiger partial charge in [-0.05, 0) is 36.6 Å². The molecule has 3 nitrogen and oxygen atoms in total. The lowest BCUT2D eigenvalue weighted by atomic mass is 9.98. The minimum absolute atomic E-state index is 0.00951. The Bertz CT molecular complexity index is 1200. The molecular formula is C28H26F4O3. The van der Waals surface area contributed by atoms with E-state index in [2.05, 4.69) is 0 Å². The van der Waals surface area contributed by atoms with E-state index in [1.807, 2.05) is 26.0 Å². The molecule has 1 saturated heterocycles. The van der Waals surface area contributed by atoms with Crippen molar-refractivity contribution in [1.29, 1.82) is 0 Å². The van der Waals surface area contributed by atoms with Crippen LogP contribution in [0.25, 0.3) is 22.3 Å². The zero-order chi connectivity index (χ0) is 24.9. The van der Waals surface area contributed by atoms with Gasteiger partial charge in [0.05, 0.1) is 19.8 Å².